The predicted molar refractivity (Wildman–Crippen MR) is 51.3 cm³/mol. The maximum absolute atomic E-state index is 11.6. The van der Waals surface area contributed by atoms with Crippen LogP contribution in [0, 0.1) is 11.8 Å². The summed E-state index contributed by atoms with van der Waals surface area (Å²) in [6.45, 7) is 0.626. The first-order valence-corrected chi connectivity index (χ1v) is 5.34. The Morgan fingerprint density at radius 1 is 1.56 bits per heavy atom. The van der Waals surface area contributed by atoms with Gasteiger partial charge in [0.2, 0.25) is 0 Å². The summed E-state index contributed by atoms with van der Waals surface area (Å²) in [6.07, 6.45) is 1.89. The third-order valence-electron chi connectivity index (χ3n) is 3.53. The summed E-state index contributed by atoms with van der Waals surface area (Å²) in [5.74, 6) is -1.03. The van der Waals surface area contributed by atoms with Crippen molar-refractivity contribution in [2.45, 2.75) is 18.6 Å². The van der Waals surface area contributed by atoms with Gasteiger partial charge in [-0.15, -0.1) is 0 Å². The second kappa shape index (κ2) is 3.31. The Morgan fingerprint density at radius 2 is 2.38 bits per heavy atom. The third kappa shape index (κ3) is 1.15. The third-order valence-corrected chi connectivity index (χ3v) is 3.53. The fraction of sp³-hybridized carbons (Fsp3) is 0.636. The number of carbonyl (C=O) groups excluding carboxylic acids is 2. The number of rotatable bonds is 1. The maximum atomic E-state index is 11.6. The van der Waals surface area contributed by atoms with Gasteiger partial charge in [-0.1, -0.05) is 6.08 Å². The molecule has 0 spiro atoms. The normalized spacial score (nSPS) is 40.1. The average molecular weight is 224 g/mol. The van der Waals surface area contributed by atoms with Gasteiger partial charge < -0.3 is 14.2 Å². The van der Waals surface area contributed by atoms with E-state index >= 15 is 0 Å². The molecule has 16 heavy (non-hydrogen) atoms. The first kappa shape index (κ1) is 9.84. The maximum Gasteiger partial charge on any atom is 0.337 e. The van der Waals surface area contributed by atoms with Crippen LogP contribution in [0.4, 0.5) is 0 Å². The monoisotopic (exact) mass is 224 g/mol. The SMILES string of the molecule is COC(=O)C1=C[C@@H]2C(=O)O[C@H]1[C@@H]1CCO[C@@H]12. The Labute approximate surface area is 92.3 Å². The van der Waals surface area contributed by atoms with Crippen molar-refractivity contribution in [3.8, 4) is 0 Å². The molecule has 0 amide bonds. The summed E-state index contributed by atoms with van der Waals surface area (Å²) in [5.41, 5.74) is 0.471. The first-order chi connectivity index (χ1) is 7.72. The lowest BCUT2D eigenvalue weighted by atomic mass is 9.75. The van der Waals surface area contributed by atoms with Gasteiger partial charge in [-0.25, -0.2) is 4.79 Å². The van der Waals surface area contributed by atoms with Gasteiger partial charge in [0.15, 0.2) is 0 Å². The van der Waals surface area contributed by atoms with Crippen LogP contribution in [0.25, 0.3) is 0 Å². The molecule has 86 valence electrons. The Morgan fingerprint density at radius 3 is 3.12 bits per heavy atom. The van der Waals surface area contributed by atoms with E-state index in [0.717, 1.165) is 6.42 Å². The molecule has 5 heteroatoms. The van der Waals surface area contributed by atoms with E-state index < -0.39 is 18.0 Å². The van der Waals surface area contributed by atoms with Gasteiger partial charge in [0.1, 0.15) is 12.0 Å². The molecule has 0 aromatic heterocycles. The number of ether oxygens (including phenoxy) is 3. The largest absolute Gasteiger partial charge is 0.466 e. The van der Waals surface area contributed by atoms with Crippen LogP contribution in [0.2, 0.25) is 0 Å². The van der Waals surface area contributed by atoms with Crippen LogP contribution in [-0.2, 0) is 23.8 Å². The molecule has 0 radical (unpaired) electrons. The summed E-state index contributed by atoms with van der Waals surface area (Å²) < 4.78 is 15.5. The molecule has 0 N–H and O–H groups in total. The van der Waals surface area contributed by atoms with Crippen LogP contribution in [-0.4, -0.2) is 37.9 Å². The van der Waals surface area contributed by atoms with Gasteiger partial charge in [-0.3, -0.25) is 4.79 Å². The van der Waals surface area contributed by atoms with E-state index in [-0.39, 0.29) is 18.0 Å². The molecule has 0 saturated carbocycles. The minimum atomic E-state index is -0.475. The number of hydrogen-bond acceptors (Lipinski definition) is 5. The van der Waals surface area contributed by atoms with Gasteiger partial charge >= 0.3 is 11.9 Å². The summed E-state index contributed by atoms with van der Waals surface area (Å²) in [5, 5.41) is 0. The van der Waals surface area contributed by atoms with Crippen LogP contribution >= 0.6 is 0 Å². The standard InChI is InChI=1S/C11H12O5/c1-14-10(12)7-4-6-8-5(2-3-15-8)9(7)16-11(6)13/h4-6,8-9H,2-3H2,1H3/t5-,6+,8+,9+/m1/s1. The number of hydrogen-bond donors (Lipinski definition) is 0. The van der Waals surface area contributed by atoms with Crippen LogP contribution in [0.15, 0.2) is 11.6 Å². The fourth-order valence-corrected chi connectivity index (χ4v) is 2.79. The van der Waals surface area contributed by atoms with Gasteiger partial charge in [-0.2, -0.15) is 0 Å². The Kier molecular flexibility index (Phi) is 2.04. The molecule has 2 fully saturated rings. The Balaban J connectivity index is 1.99. The zero-order valence-electron chi connectivity index (χ0n) is 8.84. The van der Waals surface area contributed by atoms with Crippen LogP contribution in [0.5, 0.6) is 0 Å². The molecule has 4 atom stereocenters. The number of carbonyl (C=O) groups is 2. The Hall–Kier alpha value is -1.36. The van der Waals surface area contributed by atoms with Crippen molar-refractivity contribution in [3.63, 3.8) is 0 Å². The number of methoxy groups -OCH3 is 1. The van der Waals surface area contributed by atoms with Crippen LogP contribution in [0.1, 0.15) is 6.42 Å². The van der Waals surface area contributed by atoms with Crippen molar-refractivity contribution in [2.75, 3.05) is 13.7 Å². The van der Waals surface area contributed by atoms with Gasteiger partial charge in [0, 0.05) is 12.5 Å². The highest BCUT2D eigenvalue weighted by Crippen LogP contribution is 2.44. The van der Waals surface area contributed by atoms with Crippen LogP contribution < -0.4 is 0 Å². The fourth-order valence-electron chi connectivity index (χ4n) is 2.79. The highest BCUT2D eigenvalue weighted by molar-refractivity contribution is 5.94. The summed E-state index contributed by atoms with van der Waals surface area (Å²) >= 11 is 0. The van der Waals surface area contributed by atoms with Gasteiger partial charge in [-0.05, 0) is 6.42 Å². The number of esters is 2. The lowest BCUT2D eigenvalue weighted by molar-refractivity contribution is -0.173. The molecule has 3 aliphatic heterocycles. The zero-order valence-corrected chi connectivity index (χ0v) is 8.84. The van der Waals surface area contributed by atoms with E-state index in [4.69, 9.17) is 9.47 Å². The lowest BCUT2D eigenvalue weighted by Crippen LogP contribution is -2.52. The summed E-state index contributed by atoms with van der Waals surface area (Å²) in [4.78, 5) is 23.1. The topological polar surface area (TPSA) is 61.8 Å². The molecule has 1 aliphatic carbocycles. The number of fused-ring (bicyclic) bond motifs is 1. The van der Waals surface area contributed by atoms with E-state index in [2.05, 4.69) is 4.74 Å². The molecular formula is C11H12O5. The van der Waals surface area contributed by atoms with Gasteiger partial charge in [0.25, 0.3) is 0 Å². The van der Waals surface area contributed by atoms with E-state index in [1.807, 2.05) is 0 Å². The van der Waals surface area contributed by atoms with Crippen LogP contribution in [0.3, 0.4) is 0 Å². The van der Waals surface area contributed by atoms with Gasteiger partial charge in [0.05, 0.1) is 18.8 Å². The second-order valence-corrected chi connectivity index (χ2v) is 4.28. The molecule has 5 nitrogen and oxygen atoms in total. The highest BCUT2D eigenvalue weighted by atomic mass is 16.6. The zero-order chi connectivity index (χ0) is 11.3. The molecule has 4 aliphatic rings. The van der Waals surface area contributed by atoms with E-state index in [0.29, 0.717) is 12.2 Å². The van der Waals surface area contributed by atoms with Crippen molar-refractivity contribution in [1.82, 2.24) is 0 Å². The smallest absolute Gasteiger partial charge is 0.337 e. The average Bonchev–Trinajstić information content (AvgIpc) is 2.78. The molecule has 4 rings (SSSR count). The summed E-state index contributed by atoms with van der Waals surface area (Å²) in [7, 11) is 1.33. The molecule has 2 bridgehead atoms. The summed E-state index contributed by atoms with van der Waals surface area (Å²) in [6, 6.07) is 0. The molecule has 0 aromatic rings. The Bertz CT molecular complexity index is 386. The van der Waals surface area contributed by atoms with E-state index in [1.54, 1.807) is 6.08 Å². The quantitative estimate of drug-likeness (QED) is 0.589. The minimum Gasteiger partial charge on any atom is -0.466 e. The molecule has 0 aromatic carbocycles. The highest BCUT2D eigenvalue weighted by Gasteiger charge is 2.54. The van der Waals surface area contributed by atoms with Crippen molar-refractivity contribution < 1.29 is 23.8 Å². The molecule has 0 unspecified atom stereocenters. The minimum absolute atomic E-state index is 0.111. The lowest BCUT2D eigenvalue weighted by Gasteiger charge is -2.41. The van der Waals surface area contributed by atoms with E-state index in [1.165, 1.54) is 7.11 Å². The van der Waals surface area contributed by atoms with Crippen molar-refractivity contribution in [2.24, 2.45) is 11.8 Å². The van der Waals surface area contributed by atoms with Crippen molar-refractivity contribution >= 4 is 11.9 Å². The molecular weight excluding hydrogens is 212 g/mol. The molecule has 2 saturated heterocycles. The van der Waals surface area contributed by atoms with Crippen molar-refractivity contribution in [3.05, 3.63) is 11.6 Å². The first-order valence-electron chi connectivity index (χ1n) is 5.34. The molecule has 3 heterocycles. The van der Waals surface area contributed by atoms with Crippen molar-refractivity contribution in [1.29, 1.82) is 0 Å². The second-order valence-electron chi connectivity index (χ2n) is 4.28. The predicted octanol–water partition coefficient (Wildman–Crippen LogP) is 0.0461. The van der Waals surface area contributed by atoms with E-state index in [9.17, 15) is 9.59 Å².